The van der Waals surface area contributed by atoms with Gasteiger partial charge in [-0.15, -0.1) is 0 Å². The molecule has 3 aromatic rings. The molecular formula is C17H15N3S. The topological polar surface area (TPSA) is 37.0 Å². The van der Waals surface area contributed by atoms with E-state index in [2.05, 4.69) is 34.7 Å². The Balaban J connectivity index is 1.80. The Morgan fingerprint density at radius 3 is 2.76 bits per heavy atom. The van der Waals surface area contributed by atoms with Crippen molar-refractivity contribution in [3.05, 3.63) is 66.5 Å². The fraction of sp³-hybridized carbons (Fsp3) is 0.0588. The van der Waals surface area contributed by atoms with Crippen molar-refractivity contribution >= 4 is 39.5 Å². The van der Waals surface area contributed by atoms with E-state index in [-0.39, 0.29) is 0 Å². The number of pyridine rings is 1. The van der Waals surface area contributed by atoms with E-state index >= 15 is 0 Å². The Morgan fingerprint density at radius 1 is 1.05 bits per heavy atom. The van der Waals surface area contributed by atoms with Gasteiger partial charge in [0.2, 0.25) is 0 Å². The van der Waals surface area contributed by atoms with Gasteiger partial charge in [0.25, 0.3) is 0 Å². The lowest BCUT2D eigenvalue weighted by molar-refractivity contribution is 1.36. The van der Waals surface area contributed by atoms with Crippen LogP contribution in [0, 0.1) is 6.92 Å². The molecule has 21 heavy (non-hydrogen) atoms. The number of rotatable bonds is 2. The monoisotopic (exact) mass is 293 g/mol. The molecule has 0 aliphatic rings. The van der Waals surface area contributed by atoms with Crippen LogP contribution in [0.5, 0.6) is 0 Å². The van der Waals surface area contributed by atoms with Crippen LogP contribution >= 0.6 is 12.2 Å². The normalized spacial score (nSPS) is 10.3. The van der Waals surface area contributed by atoms with E-state index in [0.717, 1.165) is 22.1 Å². The average Bonchev–Trinajstić information content (AvgIpc) is 2.47. The Hall–Kier alpha value is -2.46. The highest BCUT2D eigenvalue weighted by Crippen LogP contribution is 2.22. The summed E-state index contributed by atoms with van der Waals surface area (Å²) in [5.41, 5.74) is 3.15. The van der Waals surface area contributed by atoms with Crippen LogP contribution in [-0.4, -0.2) is 10.1 Å². The number of hydrogen-bond acceptors (Lipinski definition) is 2. The van der Waals surface area contributed by atoms with Crippen LogP contribution in [-0.2, 0) is 0 Å². The third kappa shape index (κ3) is 3.17. The number of nitrogens with one attached hydrogen (secondary N) is 2. The molecule has 0 spiro atoms. The summed E-state index contributed by atoms with van der Waals surface area (Å²) in [6.45, 7) is 2.05. The van der Waals surface area contributed by atoms with E-state index in [1.807, 2.05) is 42.6 Å². The summed E-state index contributed by atoms with van der Waals surface area (Å²) in [6, 6.07) is 16.1. The number of hydrogen-bond donors (Lipinski definition) is 2. The number of aromatic nitrogens is 1. The van der Waals surface area contributed by atoms with E-state index < -0.39 is 0 Å². The fourth-order valence-electron chi connectivity index (χ4n) is 2.24. The van der Waals surface area contributed by atoms with Crippen LogP contribution in [0.2, 0.25) is 0 Å². The highest BCUT2D eigenvalue weighted by atomic mass is 32.1. The molecule has 0 fully saturated rings. The molecule has 0 amide bonds. The second-order valence-electron chi connectivity index (χ2n) is 4.85. The third-order valence-electron chi connectivity index (χ3n) is 3.20. The van der Waals surface area contributed by atoms with Gasteiger partial charge < -0.3 is 10.6 Å². The van der Waals surface area contributed by atoms with Gasteiger partial charge >= 0.3 is 0 Å². The molecule has 0 aliphatic heterocycles. The summed E-state index contributed by atoms with van der Waals surface area (Å²) >= 11 is 5.39. The molecule has 2 N–H and O–H groups in total. The third-order valence-corrected chi connectivity index (χ3v) is 3.41. The van der Waals surface area contributed by atoms with Gasteiger partial charge in [-0.25, -0.2) is 0 Å². The van der Waals surface area contributed by atoms with Crippen molar-refractivity contribution in [3.8, 4) is 0 Å². The predicted octanol–water partition coefficient (Wildman–Crippen LogP) is 4.35. The van der Waals surface area contributed by atoms with E-state index in [9.17, 15) is 0 Å². The maximum absolute atomic E-state index is 5.39. The first-order valence-electron chi connectivity index (χ1n) is 6.70. The highest BCUT2D eigenvalue weighted by molar-refractivity contribution is 7.80. The molecule has 3 nitrogen and oxygen atoms in total. The van der Waals surface area contributed by atoms with Gasteiger partial charge in [-0.2, -0.15) is 0 Å². The molecule has 0 saturated heterocycles. The summed E-state index contributed by atoms with van der Waals surface area (Å²) in [6.07, 6.45) is 3.63. The zero-order chi connectivity index (χ0) is 14.7. The molecule has 2 aromatic carbocycles. The molecule has 0 atom stereocenters. The van der Waals surface area contributed by atoms with E-state index in [0.29, 0.717) is 5.11 Å². The molecule has 0 radical (unpaired) electrons. The predicted molar refractivity (Wildman–Crippen MR) is 92.8 cm³/mol. The lowest BCUT2D eigenvalue weighted by Crippen LogP contribution is -2.19. The molecule has 0 bridgehead atoms. The fourth-order valence-corrected chi connectivity index (χ4v) is 2.47. The Morgan fingerprint density at radius 2 is 1.90 bits per heavy atom. The molecule has 1 heterocycles. The molecule has 0 aliphatic carbocycles. The Bertz CT molecular complexity index is 793. The Labute approximate surface area is 129 Å². The van der Waals surface area contributed by atoms with Crippen LogP contribution in [0.15, 0.2) is 60.9 Å². The highest BCUT2D eigenvalue weighted by Gasteiger charge is 2.03. The van der Waals surface area contributed by atoms with Crippen molar-refractivity contribution < 1.29 is 0 Å². The zero-order valence-corrected chi connectivity index (χ0v) is 12.4. The van der Waals surface area contributed by atoms with Crippen LogP contribution in [0.3, 0.4) is 0 Å². The molecule has 104 valence electrons. The standard InChI is InChI=1S/C17H15N3S/c1-12-4-2-6-14(10-12)19-17(21)20-16-7-3-5-13-11-18-9-8-15(13)16/h2-11H,1H3,(H2,19,20,21). The number of thiocarbonyl (C=S) groups is 1. The summed E-state index contributed by atoms with van der Waals surface area (Å²) < 4.78 is 0. The number of nitrogens with zero attached hydrogens (tertiary/aromatic N) is 1. The number of benzene rings is 2. The van der Waals surface area contributed by atoms with Gasteiger partial charge in [0, 0.05) is 34.5 Å². The minimum Gasteiger partial charge on any atom is -0.332 e. The lowest BCUT2D eigenvalue weighted by atomic mass is 10.1. The lowest BCUT2D eigenvalue weighted by Gasteiger charge is -2.12. The number of aryl methyl sites for hydroxylation is 1. The van der Waals surface area contributed by atoms with Gasteiger partial charge in [-0.1, -0.05) is 24.3 Å². The average molecular weight is 293 g/mol. The quantitative estimate of drug-likeness (QED) is 0.689. The minimum atomic E-state index is 0.574. The maximum atomic E-state index is 5.39. The molecule has 0 unspecified atom stereocenters. The van der Waals surface area contributed by atoms with E-state index in [4.69, 9.17) is 12.2 Å². The largest absolute Gasteiger partial charge is 0.332 e. The smallest absolute Gasteiger partial charge is 0.175 e. The number of anilines is 2. The molecular weight excluding hydrogens is 278 g/mol. The van der Waals surface area contributed by atoms with E-state index in [1.165, 1.54) is 5.56 Å². The second-order valence-corrected chi connectivity index (χ2v) is 5.26. The van der Waals surface area contributed by atoms with Gasteiger partial charge in [0.15, 0.2) is 5.11 Å². The summed E-state index contributed by atoms with van der Waals surface area (Å²) in [5.74, 6) is 0. The minimum absolute atomic E-state index is 0.574. The van der Waals surface area contributed by atoms with Gasteiger partial charge in [0.1, 0.15) is 0 Å². The second kappa shape index (κ2) is 5.89. The zero-order valence-electron chi connectivity index (χ0n) is 11.6. The van der Waals surface area contributed by atoms with Crippen molar-refractivity contribution in [2.45, 2.75) is 6.92 Å². The molecule has 3 rings (SSSR count). The van der Waals surface area contributed by atoms with Crippen LogP contribution in [0.1, 0.15) is 5.56 Å². The van der Waals surface area contributed by atoms with Crippen molar-refractivity contribution in [1.29, 1.82) is 0 Å². The van der Waals surface area contributed by atoms with Gasteiger partial charge in [-0.3, -0.25) is 4.98 Å². The Kier molecular flexibility index (Phi) is 3.79. The summed E-state index contributed by atoms with van der Waals surface area (Å²) in [7, 11) is 0. The van der Waals surface area contributed by atoms with Crippen molar-refractivity contribution in [3.63, 3.8) is 0 Å². The molecule has 4 heteroatoms. The van der Waals surface area contributed by atoms with Gasteiger partial charge in [0.05, 0.1) is 0 Å². The first-order valence-corrected chi connectivity index (χ1v) is 7.10. The van der Waals surface area contributed by atoms with Crippen LogP contribution in [0.4, 0.5) is 11.4 Å². The number of fused-ring (bicyclic) bond motifs is 1. The SMILES string of the molecule is Cc1cccc(NC(=S)Nc2cccc3cnccc23)c1. The maximum Gasteiger partial charge on any atom is 0.175 e. The van der Waals surface area contributed by atoms with Crippen LogP contribution in [0.25, 0.3) is 10.8 Å². The first kappa shape index (κ1) is 13.5. The van der Waals surface area contributed by atoms with E-state index in [1.54, 1.807) is 6.20 Å². The van der Waals surface area contributed by atoms with Crippen molar-refractivity contribution in [2.75, 3.05) is 10.6 Å². The van der Waals surface area contributed by atoms with Gasteiger partial charge in [-0.05, 0) is 49.0 Å². The van der Waals surface area contributed by atoms with Crippen LogP contribution < -0.4 is 10.6 Å². The summed E-state index contributed by atoms with van der Waals surface area (Å²) in [5, 5.41) is 9.20. The van der Waals surface area contributed by atoms with Crippen molar-refractivity contribution in [1.82, 2.24) is 4.98 Å². The first-order chi connectivity index (χ1) is 10.2. The van der Waals surface area contributed by atoms with Crippen molar-refractivity contribution in [2.24, 2.45) is 0 Å². The molecule has 0 saturated carbocycles. The molecule has 1 aromatic heterocycles. The summed E-state index contributed by atoms with van der Waals surface area (Å²) in [4.78, 5) is 4.13.